The van der Waals surface area contributed by atoms with Crippen molar-refractivity contribution in [3.05, 3.63) is 65.3 Å². The number of nitrogens with one attached hydrogen (secondary N) is 2. The van der Waals surface area contributed by atoms with Gasteiger partial charge in [0.05, 0.1) is 40.0 Å². The smallest absolute Gasteiger partial charge is 0.229 e. The quantitative estimate of drug-likeness (QED) is 0.164. The van der Waals surface area contributed by atoms with Crippen molar-refractivity contribution in [2.24, 2.45) is 7.05 Å². The van der Waals surface area contributed by atoms with Crippen LogP contribution in [0.3, 0.4) is 0 Å². The number of aryl methyl sites for hydroxylation is 1. The van der Waals surface area contributed by atoms with E-state index in [4.69, 9.17) is 9.72 Å². The highest BCUT2D eigenvalue weighted by atomic mass is 79.9. The van der Waals surface area contributed by atoms with Gasteiger partial charge in [-0.3, -0.25) is 14.6 Å². The van der Waals surface area contributed by atoms with Gasteiger partial charge in [-0.05, 0) is 83.4 Å². The molecule has 0 radical (unpaired) electrons. The number of hydrogen-bond donors (Lipinski definition) is 2. The van der Waals surface area contributed by atoms with Crippen LogP contribution >= 0.6 is 23.1 Å². The zero-order valence-electron chi connectivity index (χ0n) is 24.6. The first-order valence-corrected chi connectivity index (χ1v) is 17.7. The molecule has 0 atom stereocenters. The van der Waals surface area contributed by atoms with Crippen LogP contribution in [0.4, 0.5) is 23.1 Å². The third-order valence-electron chi connectivity index (χ3n) is 7.83. The number of rotatable bonds is 8. The van der Waals surface area contributed by atoms with Gasteiger partial charge < -0.3 is 19.9 Å². The van der Waals surface area contributed by atoms with Gasteiger partial charge in [0.25, 0.3) is 0 Å². The maximum atomic E-state index is 13.4. The number of fused-ring (bicyclic) bond motifs is 1. The Hall–Kier alpha value is -3.82. The fraction of sp³-hybridized carbons (Fsp3) is 0.323. The molecule has 10 nitrogen and oxygen atoms in total. The Morgan fingerprint density at radius 2 is 1.79 bits per heavy atom. The Balaban J connectivity index is 1.38. The molecule has 1 fully saturated rings. The lowest BCUT2D eigenvalue weighted by Gasteiger charge is -2.26. The zero-order chi connectivity index (χ0) is 30.1. The highest BCUT2D eigenvalue weighted by Crippen LogP contribution is 2.44. The standard InChI is InChI=1S/C31H34BrN8O2P/c1-40-18-20(16-36-40)21-14-26(27(42-2)15-22(21)19-8-6-5-7-9-19)38-31-35-17-23(32)30(39-31)37-25-11-10-24-28(34-13-12-33-24)29(25)43(3,4)41/h10-19H,5-9H2,1-4H3,(H2,35,37,38,39). The molecule has 6 rings (SSSR count). The molecule has 2 aromatic carbocycles. The molecule has 1 saturated carbocycles. The molecule has 0 bridgehead atoms. The number of nitrogens with zero attached hydrogens (tertiary/aromatic N) is 6. The van der Waals surface area contributed by atoms with Crippen molar-refractivity contribution >= 4 is 62.6 Å². The molecule has 222 valence electrons. The molecular formula is C31H34BrN8O2P. The molecule has 0 saturated heterocycles. The summed E-state index contributed by atoms with van der Waals surface area (Å²) < 4.78 is 21.8. The van der Waals surface area contributed by atoms with E-state index in [9.17, 15) is 4.57 Å². The number of methoxy groups -OCH3 is 1. The van der Waals surface area contributed by atoms with Gasteiger partial charge in [0.2, 0.25) is 5.95 Å². The van der Waals surface area contributed by atoms with Gasteiger partial charge in [0, 0.05) is 37.4 Å². The van der Waals surface area contributed by atoms with Crippen molar-refractivity contribution < 1.29 is 9.30 Å². The van der Waals surface area contributed by atoms with E-state index < -0.39 is 7.14 Å². The van der Waals surface area contributed by atoms with Crippen molar-refractivity contribution in [1.82, 2.24) is 29.7 Å². The van der Waals surface area contributed by atoms with Gasteiger partial charge in [0.1, 0.15) is 24.2 Å². The predicted molar refractivity (Wildman–Crippen MR) is 176 cm³/mol. The number of halogens is 1. The first-order valence-electron chi connectivity index (χ1n) is 14.3. The number of anilines is 4. The van der Waals surface area contributed by atoms with Gasteiger partial charge in [-0.1, -0.05) is 19.3 Å². The third kappa shape index (κ3) is 6.15. The molecule has 0 spiro atoms. The van der Waals surface area contributed by atoms with Crippen LogP contribution < -0.4 is 20.7 Å². The Labute approximate surface area is 259 Å². The topological polar surface area (TPSA) is 120 Å². The molecule has 1 aliphatic rings. The molecule has 43 heavy (non-hydrogen) atoms. The summed E-state index contributed by atoms with van der Waals surface area (Å²) in [6.07, 6.45) is 15.0. The van der Waals surface area contributed by atoms with E-state index in [-0.39, 0.29) is 0 Å². The van der Waals surface area contributed by atoms with Gasteiger partial charge in [-0.25, -0.2) is 4.98 Å². The molecule has 0 aliphatic heterocycles. The summed E-state index contributed by atoms with van der Waals surface area (Å²) >= 11 is 3.58. The Morgan fingerprint density at radius 3 is 2.51 bits per heavy atom. The summed E-state index contributed by atoms with van der Waals surface area (Å²) in [6.45, 7) is 3.46. The van der Waals surface area contributed by atoms with Crippen LogP contribution in [0.15, 0.2) is 59.7 Å². The van der Waals surface area contributed by atoms with Crippen molar-refractivity contribution in [3.8, 4) is 16.9 Å². The predicted octanol–water partition coefficient (Wildman–Crippen LogP) is 7.37. The highest BCUT2D eigenvalue weighted by Gasteiger charge is 2.24. The second-order valence-electron chi connectivity index (χ2n) is 11.3. The van der Waals surface area contributed by atoms with Crippen LogP contribution in [0.1, 0.15) is 43.6 Å². The number of ether oxygens (including phenoxy) is 1. The zero-order valence-corrected chi connectivity index (χ0v) is 27.1. The van der Waals surface area contributed by atoms with Gasteiger partial charge in [-0.15, -0.1) is 0 Å². The Morgan fingerprint density at radius 1 is 1.00 bits per heavy atom. The number of aromatic nitrogens is 6. The Kier molecular flexibility index (Phi) is 8.20. The van der Waals surface area contributed by atoms with E-state index in [1.807, 2.05) is 36.3 Å². The van der Waals surface area contributed by atoms with E-state index >= 15 is 0 Å². The summed E-state index contributed by atoms with van der Waals surface area (Å²) in [5, 5.41) is 11.8. The molecule has 3 heterocycles. The van der Waals surface area contributed by atoms with Crippen LogP contribution in [-0.2, 0) is 11.6 Å². The van der Waals surface area contributed by atoms with Gasteiger partial charge >= 0.3 is 0 Å². The highest BCUT2D eigenvalue weighted by molar-refractivity contribution is 9.10. The minimum Gasteiger partial charge on any atom is -0.495 e. The Bertz CT molecular complexity index is 1850. The fourth-order valence-corrected chi connectivity index (χ4v) is 7.54. The van der Waals surface area contributed by atoms with Crippen molar-refractivity contribution in [3.63, 3.8) is 0 Å². The maximum Gasteiger partial charge on any atom is 0.229 e. The molecule has 2 N–H and O–H groups in total. The van der Waals surface area contributed by atoms with Gasteiger partial charge in [-0.2, -0.15) is 10.1 Å². The lowest BCUT2D eigenvalue weighted by Crippen LogP contribution is -2.14. The van der Waals surface area contributed by atoms with E-state index in [0.29, 0.717) is 44.2 Å². The normalized spacial score (nSPS) is 14.2. The monoisotopic (exact) mass is 660 g/mol. The second kappa shape index (κ2) is 12.1. The van der Waals surface area contributed by atoms with Gasteiger partial charge in [0.15, 0.2) is 0 Å². The first-order chi connectivity index (χ1) is 20.7. The SMILES string of the molecule is COc1cc(C2CCCCC2)c(-c2cnn(C)c2)cc1Nc1ncc(Br)c(Nc2ccc3nccnc3c2P(C)(C)=O)n1. The fourth-order valence-electron chi connectivity index (χ4n) is 5.85. The summed E-state index contributed by atoms with van der Waals surface area (Å²) in [5.41, 5.74) is 6.16. The lowest BCUT2D eigenvalue weighted by molar-refractivity contribution is 0.412. The lowest BCUT2D eigenvalue weighted by atomic mass is 9.81. The van der Waals surface area contributed by atoms with Crippen LogP contribution in [0.25, 0.3) is 22.2 Å². The summed E-state index contributed by atoms with van der Waals surface area (Å²) in [6, 6.07) is 7.99. The van der Waals surface area contributed by atoms with Crippen molar-refractivity contribution in [1.29, 1.82) is 0 Å². The van der Waals surface area contributed by atoms with Crippen LogP contribution in [0.5, 0.6) is 5.75 Å². The molecular weight excluding hydrogens is 627 g/mol. The third-order valence-corrected chi connectivity index (χ3v) is 9.94. The molecule has 12 heteroatoms. The average molecular weight is 662 g/mol. The molecule has 0 amide bonds. The largest absolute Gasteiger partial charge is 0.495 e. The summed E-state index contributed by atoms with van der Waals surface area (Å²) in [4.78, 5) is 18.2. The molecule has 5 aromatic rings. The van der Waals surface area contributed by atoms with E-state index in [1.54, 1.807) is 39.0 Å². The van der Waals surface area contributed by atoms with Crippen molar-refractivity contribution in [2.45, 2.75) is 38.0 Å². The van der Waals surface area contributed by atoms with E-state index in [2.05, 4.69) is 58.7 Å². The minimum absolute atomic E-state index is 0.380. The van der Waals surface area contributed by atoms with E-state index in [0.717, 1.165) is 22.6 Å². The number of benzene rings is 2. The maximum absolute atomic E-state index is 13.4. The van der Waals surface area contributed by atoms with Crippen molar-refractivity contribution in [2.75, 3.05) is 31.1 Å². The van der Waals surface area contributed by atoms with Crippen LogP contribution in [0, 0.1) is 0 Å². The average Bonchev–Trinajstić information content (AvgIpc) is 3.44. The van der Waals surface area contributed by atoms with Crippen LogP contribution in [0.2, 0.25) is 0 Å². The number of hydrogen-bond acceptors (Lipinski definition) is 9. The molecule has 1 aliphatic carbocycles. The summed E-state index contributed by atoms with van der Waals surface area (Å²) in [7, 11) is 0.870. The molecule has 3 aromatic heterocycles. The van der Waals surface area contributed by atoms with E-state index in [1.165, 1.54) is 37.7 Å². The van der Waals surface area contributed by atoms with Crippen LogP contribution in [-0.4, -0.2) is 50.2 Å². The minimum atomic E-state index is -2.74. The second-order valence-corrected chi connectivity index (χ2v) is 15.3. The first kappa shape index (κ1) is 29.3. The summed E-state index contributed by atoms with van der Waals surface area (Å²) in [5.74, 6) is 2.09. The molecule has 0 unspecified atom stereocenters.